The topological polar surface area (TPSA) is 145 Å². The normalized spacial score (nSPS) is 12.9. The third-order valence-electron chi connectivity index (χ3n) is 5.56. The largest absolute Gasteiger partial charge is 0.768 e. The van der Waals surface area contributed by atoms with E-state index in [1.54, 1.807) is 30.3 Å². The molecule has 0 aliphatic carbocycles. The molecular weight excluding hydrogens is 486 g/mol. The lowest BCUT2D eigenvalue weighted by Gasteiger charge is -2.18. The molecule has 4 aromatic carbocycles. The maximum atomic E-state index is 12.6. The Labute approximate surface area is 205 Å². The first-order chi connectivity index (χ1) is 16.7. The number of hydrogen-bond donors (Lipinski definition) is 2. The number of sulfone groups is 1. The van der Waals surface area contributed by atoms with Gasteiger partial charge in [0.15, 0.2) is 15.6 Å². The predicted octanol–water partition coefficient (Wildman–Crippen LogP) is 4.97. The van der Waals surface area contributed by atoms with Crippen LogP contribution in [0.1, 0.15) is 11.1 Å². The van der Waals surface area contributed by atoms with Gasteiger partial charge in [-0.05, 0) is 64.7 Å². The molecule has 3 N–H and O–H groups in total. The van der Waals surface area contributed by atoms with Crippen LogP contribution < -0.4 is 5.73 Å². The molecular formula is C25H22N3O5S2-. The summed E-state index contributed by atoms with van der Waals surface area (Å²) in [7, 11) is -3.71. The molecule has 4 rings (SSSR count). The summed E-state index contributed by atoms with van der Waals surface area (Å²) in [6.07, 6.45) is 1.88. The van der Waals surface area contributed by atoms with E-state index in [0.29, 0.717) is 24.1 Å². The van der Waals surface area contributed by atoms with Crippen molar-refractivity contribution in [3.8, 4) is 5.75 Å². The van der Waals surface area contributed by atoms with Gasteiger partial charge in [0, 0.05) is 17.3 Å². The molecule has 0 saturated carbocycles. The summed E-state index contributed by atoms with van der Waals surface area (Å²) in [4.78, 5) is -0.343. The summed E-state index contributed by atoms with van der Waals surface area (Å²) < 4.78 is 49.2. The number of aromatic hydroxyl groups is 1. The third kappa shape index (κ3) is 5.24. The second-order valence-corrected chi connectivity index (χ2v) is 10.9. The number of phenols is 1. The van der Waals surface area contributed by atoms with Crippen molar-refractivity contribution in [1.82, 2.24) is 0 Å². The minimum atomic E-state index is -3.71. The number of rotatable bonds is 7. The van der Waals surface area contributed by atoms with Crippen molar-refractivity contribution in [2.24, 2.45) is 10.2 Å². The van der Waals surface area contributed by atoms with Gasteiger partial charge in [-0.25, -0.2) is 8.42 Å². The molecule has 0 amide bonds. The molecule has 0 saturated heterocycles. The number of aryl methyl sites for hydroxylation is 1. The molecule has 0 aromatic heterocycles. The van der Waals surface area contributed by atoms with E-state index in [1.807, 2.05) is 30.3 Å². The molecule has 35 heavy (non-hydrogen) atoms. The highest BCUT2D eigenvalue weighted by molar-refractivity contribution is 7.90. The van der Waals surface area contributed by atoms with Crippen LogP contribution in [0.2, 0.25) is 0 Å². The molecule has 4 aromatic rings. The van der Waals surface area contributed by atoms with E-state index in [1.165, 1.54) is 12.1 Å². The monoisotopic (exact) mass is 508 g/mol. The minimum Gasteiger partial charge on any atom is -0.768 e. The van der Waals surface area contributed by atoms with Crippen LogP contribution in [0.3, 0.4) is 0 Å². The summed E-state index contributed by atoms with van der Waals surface area (Å²) in [5.41, 5.74) is 8.01. The molecule has 10 heteroatoms. The second-order valence-electron chi connectivity index (χ2n) is 7.96. The van der Waals surface area contributed by atoms with Crippen molar-refractivity contribution in [2.75, 3.05) is 12.0 Å². The average molecular weight is 509 g/mol. The minimum absolute atomic E-state index is 0.0147. The first-order valence-corrected chi connectivity index (χ1v) is 13.5. The predicted molar refractivity (Wildman–Crippen MR) is 135 cm³/mol. The molecule has 1 unspecified atom stereocenters. The highest BCUT2D eigenvalue weighted by atomic mass is 32.2. The zero-order valence-electron chi connectivity index (χ0n) is 18.7. The van der Waals surface area contributed by atoms with E-state index < -0.39 is 26.7 Å². The number of nitrogens with zero attached hydrogens (tertiary/aromatic N) is 2. The first-order valence-electron chi connectivity index (χ1n) is 10.6. The zero-order valence-corrected chi connectivity index (χ0v) is 20.3. The van der Waals surface area contributed by atoms with Crippen LogP contribution >= 0.6 is 0 Å². The number of nitrogens with two attached hydrogens (primary N) is 1. The third-order valence-corrected chi connectivity index (χ3v) is 7.39. The van der Waals surface area contributed by atoms with Gasteiger partial charge < -0.3 is 15.4 Å². The molecule has 0 aliphatic rings. The summed E-state index contributed by atoms with van der Waals surface area (Å²) in [6, 6.07) is 20.7. The molecule has 0 fully saturated rings. The van der Waals surface area contributed by atoms with Crippen LogP contribution in [0.25, 0.3) is 10.8 Å². The van der Waals surface area contributed by atoms with Crippen molar-refractivity contribution in [3.05, 3.63) is 83.9 Å². The zero-order chi connectivity index (χ0) is 25.2. The molecule has 8 nitrogen and oxygen atoms in total. The van der Waals surface area contributed by atoms with Gasteiger partial charge in [-0.1, -0.05) is 48.5 Å². The van der Waals surface area contributed by atoms with Gasteiger partial charge >= 0.3 is 0 Å². The van der Waals surface area contributed by atoms with E-state index in [4.69, 9.17) is 5.73 Å². The average Bonchev–Trinajstić information content (AvgIpc) is 2.83. The van der Waals surface area contributed by atoms with Gasteiger partial charge in [-0.2, -0.15) is 5.11 Å². The smallest absolute Gasteiger partial charge is 0.175 e. The lowest BCUT2D eigenvalue weighted by molar-refractivity contribution is 0.480. The summed E-state index contributed by atoms with van der Waals surface area (Å²) in [6.45, 7) is 0. The van der Waals surface area contributed by atoms with Gasteiger partial charge in [0.05, 0.1) is 15.5 Å². The number of azo groups is 1. The summed E-state index contributed by atoms with van der Waals surface area (Å²) >= 11 is -2.79. The summed E-state index contributed by atoms with van der Waals surface area (Å²) in [5, 5.41) is 19.4. The van der Waals surface area contributed by atoms with E-state index in [-0.39, 0.29) is 31.9 Å². The maximum Gasteiger partial charge on any atom is 0.175 e. The molecule has 0 bridgehead atoms. The number of phenolic OH excluding ortho intramolecular Hbond substituents is 1. The highest BCUT2D eigenvalue weighted by Gasteiger charge is 2.23. The van der Waals surface area contributed by atoms with Crippen molar-refractivity contribution < 1.29 is 22.3 Å². The lowest BCUT2D eigenvalue weighted by atomic mass is 9.97. The maximum absolute atomic E-state index is 12.6. The quantitative estimate of drug-likeness (QED) is 0.205. The second kappa shape index (κ2) is 9.95. The van der Waals surface area contributed by atoms with Gasteiger partial charge in [0.25, 0.3) is 0 Å². The fourth-order valence-electron chi connectivity index (χ4n) is 3.89. The fourth-order valence-corrected chi connectivity index (χ4v) is 5.41. The van der Waals surface area contributed by atoms with Gasteiger partial charge in [-0.3, -0.25) is 4.21 Å². The Morgan fingerprint density at radius 1 is 0.971 bits per heavy atom. The Balaban J connectivity index is 1.94. The number of benzene rings is 4. The van der Waals surface area contributed by atoms with Crippen LogP contribution in [0, 0.1) is 0 Å². The Morgan fingerprint density at radius 3 is 2.20 bits per heavy atom. The Hall–Kier alpha value is -3.60. The summed E-state index contributed by atoms with van der Waals surface area (Å²) in [5.74, 6) is -0.486. The van der Waals surface area contributed by atoms with Crippen molar-refractivity contribution in [3.63, 3.8) is 0 Å². The molecule has 0 spiro atoms. The Kier molecular flexibility index (Phi) is 6.97. The molecule has 180 valence electrons. The van der Waals surface area contributed by atoms with Crippen LogP contribution in [-0.4, -0.2) is 28.5 Å². The number of nitrogen functional groups attached to an aromatic ring is 1. The van der Waals surface area contributed by atoms with Gasteiger partial charge in [0.2, 0.25) is 0 Å². The molecule has 1 atom stereocenters. The number of fused-ring (bicyclic) bond motifs is 1. The molecule has 0 radical (unpaired) electrons. The standard InChI is InChI=1S/C25H23N3O5S2/c1-35(32,33)21-15-17-14-20(34(30)31)24(28-27-18-10-6-3-7-11-18)25(29)22(17)23(26)19(21)13-12-16-8-4-2-5-9-16/h2-11,14-15,29H,12-13,26H2,1H3,(H,30,31)/p-1. The van der Waals surface area contributed by atoms with Crippen molar-refractivity contribution in [2.45, 2.75) is 22.6 Å². The van der Waals surface area contributed by atoms with Gasteiger partial charge in [0.1, 0.15) is 5.69 Å². The van der Waals surface area contributed by atoms with Crippen LogP contribution in [0.5, 0.6) is 5.75 Å². The SMILES string of the molecule is CS(=O)(=O)c1cc2cc(S(=O)[O-])c(N=Nc3ccccc3)c(O)c2c(N)c1CCc1ccccc1. The number of hydrogen-bond acceptors (Lipinski definition) is 8. The van der Waals surface area contributed by atoms with Crippen molar-refractivity contribution in [1.29, 1.82) is 0 Å². The first kappa shape index (κ1) is 24.5. The van der Waals surface area contributed by atoms with Gasteiger partial charge in [-0.15, -0.1) is 5.11 Å². The van der Waals surface area contributed by atoms with Crippen molar-refractivity contribution >= 4 is 48.8 Å². The highest BCUT2D eigenvalue weighted by Crippen LogP contribution is 2.45. The Bertz CT molecular complexity index is 1560. The van der Waals surface area contributed by atoms with Crippen LogP contribution in [0.4, 0.5) is 17.1 Å². The molecule has 0 heterocycles. The lowest BCUT2D eigenvalue weighted by Crippen LogP contribution is -2.08. The van der Waals surface area contributed by atoms with E-state index in [0.717, 1.165) is 11.8 Å². The van der Waals surface area contributed by atoms with Crippen LogP contribution in [0.15, 0.2) is 92.8 Å². The van der Waals surface area contributed by atoms with Crippen LogP contribution in [-0.2, 0) is 33.8 Å². The van der Waals surface area contributed by atoms with E-state index in [2.05, 4.69) is 10.2 Å². The van der Waals surface area contributed by atoms with E-state index in [9.17, 15) is 22.3 Å². The molecule has 0 aliphatic heterocycles. The Morgan fingerprint density at radius 2 is 1.60 bits per heavy atom. The number of anilines is 1. The fraction of sp³-hybridized carbons (Fsp3) is 0.120. The van der Waals surface area contributed by atoms with E-state index >= 15 is 0 Å².